The van der Waals surface area contributed by atoms with Crippen LogP contribution in [0.1, 0.15) is 5.56 Å². The standard InChI is InChI=1S/C11H11ClN2O/c1-9-3-2-4-10(7-9)14(6-5-13)11(15)8-12/h2-4,7H,6,8H2,1H3. The van der Waals surface area contributed by atoms with E-state index in [1.807, 2.05) is 31.2 Å². The first-order valence-electron chi connectivity index (χ1n) is 4.49. The van der Waals surface area contributed by atoms with E-state index < -0.39 is 0 Å². The zero-order valence-corrected chi connectivity index (χ0v) is 9.16. The van der Waals surface area contributed by atoms with Gasteiger partial charge in [0.2, 0.25) is 5.91 Å². The molecule has 0 saturated carbocycles. The van der Waals surface area contributed by atoms with Gasteiger partial charge in [-0.05, 0) is 24.6 Å². The van der Waals surface area contributed by atoms with E-state index in [9.17, 15) is 4.79 Å². The number of amides is 1. The largest absolute Gasteiger partial charge is 0.298 e. The molecule has 1 amide bonds. The van der Waals surface area contributed by atoms with Crippen LogP contribution in [0.15, 0.2) is 24.3 Å². The zero-order chi connectivity index (χ0) is 11.3. The van der Waals surface area contributed by atoms with Crippen LogP contribution in [0.4, 0.5) is 5.69 Å². The minimum atomic E-state index is -0.260. The highest BCUT2D eigenvalue weighted by atomic mass is 35.5. The van der Waals surface area contributed by atoms with Crippen LogP contribution in [0.2, 0.25) is 0 Å². The summed E-state index contributed by atoms with van der Waals surface area (Å²) in [6, 6.07) is 9.36. The van der Waals surface area contributed by atoms with Crippen molar-refractivity contribution in [1.29, 1.82) is 5.26 Å². The second-order valence-corrected chi connectivity index (χ2v) is 3.38. The van der Waals surface area contributed by atoms with Crippen LogP contribution >= 0.6 is 11.6 Å². The second-order valence-electron chi connectivity index (χ2n) is 3.11. The van der Waals surface area contributed by atoms with Gasteiger partial charge in [-0.15, -0.1) is 11.6 Å². The lowest BCUT2D eigenvalue weighted by Gasteiger charge is -2.18. The van der Waals surface area contributed by atoms with Crippen LogP contribution < -0.4 is 4.90 Å². The Hall–Kier alpha value is -1.53. The molecule has 1 rings (SSSR count). The molecule has 0 unspecified atom stereocenters. The van der Waals surface area contributed by atoms with Crippen LogP contribution in [0.5, 0.6) is 0 Å². The molecule has 0 aliphatic carbocycles. The number of alkyl halides is 1. The van der Waals surface area contributed by atoms with Crippen molar-refractivity contribution in [2.75, 3.05) is 17.3 Å². The first-order chi connectivity index (χ1) is 7.19. The number of halogens is 1. The van der Waals surface area contributed by atoms with Crippen molar-refractivity contribution in [3.05, 3.63) is 29.8 Å². The number of hydrogen-bond acceptors (Lipinski definition) is 2. The molecule has 0 aliphatic rings. The predicted molar refractivity (Wildman–Crippen MR) is 59.9 cm³/mol. The van der Waals surface area contributed by atoms with Gasteiger partial charge in [-0.3, -0.25) is 9.69 Å². The number of rotatable bonds is 3. The number of anilines is 1. The van der Waals surface area contributed by atoms with Gasteiger partial charge < -0.3 is 0 Å². The van der Waals surface area contributed by atoms with Gasteiger partial charge in [0, 0.05) is 5.69 Å². The normalized spacial score (nSPS) is 9.40. The summed E-state index contributed by atoms with van der Waals surface area (Å²) in [4.78, 5) is 12.8. The summed E-state index contributed by atoms with van der Waals surface area (Å²) in [5.74, 6) is -0.376. The minimum absolute atomic E-state index is 0.0228. The zero-order valence-electron chi connectivity index (χ0n) is 8.40. The van der Waals surface area contributed by atoms with Gasteiger partial charge >= 0.3 is 0 Å². The Bertz CT molecular complexity index is 398. The van der Waals surface area contributed by atoms with Crippen molar-refractivity contribution < 1.29 is 4.79 Å². The van der Waals surface area contributed by atoms with Crippen LogP contribution in [0.25, 0.3) is 0 Å². The maximum atomic E-state index is 11.5. The molecular formula is C11H11ClN2O. The Morgan fingerprint density at radius 1 is 1.60 bits per heavy atom. The van der Waals surface area contributed by atoms with Gasteiger partial charge in [0.1, 0.15) is 12.4 Å². The van der Waals surface area contributed by atoms with E-state index in [1.165, 1.54) is 4.90 Å². The predicted octanol–water partition coefficient (Wildman–Crippen LogP) is 2.09. The van der Waals surface area contributed by atoms with Gasteiger partial charge in [-0.1, -0.05) is 12.1 Å². The van der Waals surface area contributed by atoms with Crippen molar-refractivity contribution in [3.63, 3.8) is 0 Å². The maximum absolute atomic E-state index is 11.5. The molecule has 0 spiro atoms. The van der Waals surface area contributed by atoms with Crippen LogP contribution in [0, 0.1) is 18.3 Å². The molecule has 0 atom stereocenters. The number of nitriles is 1. The van der Waals surface area contributed by atoms with Crippen LogP contribution in [0.3, 0.4) is 0 Å². The van der Waals surface area contributed by atoms with Crippen LogP contribution in [-0.2, 0) is 4.79 Å². The van der Waals surface area contributed by atoms with Crippen molar-refractivity contribution in [1.82, 2.24) is 0 Å². The quantitative estimate of drug-likeness (QED) is 0.581. The SMILES string of the molecule is Cc1cccc(N(CC#N)C(=O)CCl)c1. The second kappa shape index (κ2) is 5.38. The molecule has 0 heterocycles. The summed E-state index contributed by atoms with van der Waals surface area (Å²) in [5, 5.41) is 8.62. The number of carbonyl (C=O) groups excluding carboxylic acids is 1. The molecule has 4 heteroatoms. The monoisotopic (exact) mass is 222 g/mol. The van der Waals surface area contributed by atoms with E-state index in [4.69, 9.17) is 16.9 Å². The Morgan fingerprint density at radius 2 is 2.33 bits per heavy atom. The fourth-order valence-electron chi connectivity index (χ4n) is 1.26. The molecule has 0 aliphatic heterocycles. The molecule has 78 valence electrons. The average molecular weight is 223 g/mol. The highest BCUT2D eigenvalue weighted by Gasteiger charge is 2.13. The maximum Gasteiger partial charge on any atom is 0.242 e. The topological polar surface area (TPSA) is 44.1 Å². The number of carbonyl (C=O) groups is 1. The Balaban J connectivity index is 2.99. The molecule has 0 saturated heterocycles. The molecule has 1 aromatic rings. The van der Waals surface area contributed by atoms with E-state index in [1.54, 1.807) is 6.07 Å². The molecule has 1 aromatic carbocycles. The van der Waals surface area contributed by atoms with Gasteiger partial charge in [-0.2, -0.15) is 5.26 Å². The highest BCUT2D eigenvalue weighted by Crippen LogP contribution is 2.15. The minimum Gasteiger partial charge on any atom is -0.298 e. The van der Waals surface area contributed by atoms with E-state index >= 15 is 0 Å². The van der Waals surface area contributed by atoms with Crippen molar-refractivity contribution in [2.24, 2.45) is 0 Å². The number of aryl methyl sites for hydroxylation is 1. The van der Waals surface area contributed by atoms with Gasteiger partial charge in [0.25, 0.3) is 0 Å². The number of hydrogen-bond donors (Lipinski definition) is 0. The molecule has 3 nitrogen and oxygen atoms in total. The summed E-state index contributed by atoms with van der Waals surface area (Å²) in [7, 11) is 0. The third-order valence-corrected chi connectivity index (χ3v) is 2.19. The molecule has 0 fully saturated rings. The van der Waals surface area contributed by atoms with Crippen molar-refractivity contribution in [3.8, 4) is 6.07 Å². The fourth-order valence-corrected chi connectivity index (χ4v) is 1.41. The summed E-state index contributed by atoms with van der Waals surface area (Å²) < 4.78 is 0. The molecule has 0 bridgehead atoms. The highest BCUT2D eigenvalue weighted by molar-refractivity contribution is 6.29. The molecular weight excluding hydrogens is 212 g/mol. The first kappa shape index (κ1) is 11.5. The third-order valence-electron chi connectivity index (χ3n) is 1.96. The lowest BCUT2D eigenvalue weighted by molar-refractivity contribution is -0.116. The molecule has 0 radical (unpaired) electrons. The van der Waals surface area contributed by atoms with Crippen LogP contribution in [-0.4, -0.2) is 18.3 Å². The number of nitrogens with zero attached hydrogens (tertiary/aromatic N) is 2. The van der Waals surface area contributed by atoms with E-state index in [0.29, 0.717) is 5.69 Å². The van der Waals surface area contributed by atoms with E-state index in [2.05, 4.69) is 0 Å². The smallest absolute Gasteiger partial charge is 0.242 e. The third kappa shape index (κ3) is 2.97. The molecule has 15 heavy (non-hydrogen) atoms. The lowest BCUT2D eigenvalue weighted by atomic mass is 10.2. The molecule has 0 aromatic heterocycles. The van der Waals surface area contributed by atoms with Crippen molar-refractivity contribution >= 4 is 23.2 Å². The fraction of sp³-hybridized carbons (Fsp3) is 0.273. The van der Waals surface area contributed by atoms with Crippen molar-refractivity contribution in [2.45, 2.75) is 6.92 Å². The summed E-state index contributed by atoms with van der Waals surface area (Å²) in [6.45, 7) is 1.95. The summed E-state index contributed by atoms with van der Waals surface area (Å²) in [5.41, 5.74) is 1.75. The summed E-state index contributed by atoms with van der Waals surface area (Å²) in [6.07, 6.45) is 0. The van der Waals surface area contributed by atoms with E-state index in [-0.39, 0.29) is 18.3 Å². The average Bonchev–Trinajstić information content (AvgIpc) is 2.25. The van der Waals surface area contributed by atoms with Gasteiger partial charge in [0.15, 0.2) is 0 Å². The summed E-state index contributed by atoms with van der Waals surface area (Å²) >= 11 is 5.47. The molecule has 0 N–H and O–H groups in total. The Kier molecular flexibility index (Phi) is 4.14. The Labute approximate surface area is 93.9 Å². The number of benzene rings is 1. The van der Waals surface area contributed by atoms with E-state index in [0.717, 1.165) is 5.56 Å². The first-order valence-corrected chi connectivity index (χ1v) is 5.02. The Morgan fingerprint density at radius 3 is 2.87 bits per heavy atom. The van der Waals surface area contributed by atoms with Gasteiger partial charge in [-0.25, -0.2) is 0 Å². The lowest BCUT2D eigenvalue weighted by Crippen LogP contribution is -2.32. The van der Waals surface area contributed by atoms with Gasteiger partial charge in [0.05, 0.1) is 6.07 Å².